The summed E-state index contributed by atoms with van der Waals surface area (Å²) in [5, 5.41) is 11.3. The zero-order valence-electron chi connectivity index (χ0n) is 9.85. The van der Waals surface area contributed by atoms with Crippen molar-refractivity contribution in [2.45, 2.75) is 0 Å². The number of carbonyl (C=O) groups is 1. The van der Waals surface area contributed by atoms with Crippen LogP contribution in [0.4, 0.5) is 0 Å². The Labute approximate surface area is 96.7 Å². The molecule has 1 rings (SSSR count). The minimum absolute atomic E-state index is 0.0566. The molecule has 0 aromatic carbocycles. The molecule has 0 unspecified atom stereocenters. The number of β-amino-alcohol motifs (C(OH)–C–C–N with tert-alkyl or cyclic N) is 1. The van der Waals surface area contributed by atoms with E-state index in [0.29, 0.717) is 0 Å². The lowest BCUT2D eigenvalue weighted by molar-refractivity contribution is -0.116. The normalized spacial score (nSPS) is 19.1. The number of likely N-dealkylation sites (N-methyl/N-ethyl adjacent to an activating group) is 1. The Morgan fingerprint density at radius 3 is 2.50 bits per heavy atom. The Balaban J connectivity index is 2.17. The molecule has 0 atom stereocenters. The lowest BCUT2D eigenvalue weighted by atomic mass is 10.3. The third kappa shape index (κ3) is 4.74. The Hall–Kier alpha value is -0.910. The number of hydrogen-bond acceptors (Lipinski definition) is 4. The van der Waals surface area contributed by atoms with Crippen molar-refractivity contribution < 1.29 is 9.90 Å². The Bertz CT molecular complexity index is 235. The van der Waals surface area contributed by atoms with E-state index in [1.54, 1.807) is 13.1 Å². The van der Waals surface area contributed by atoms with Crippen LogP contribution >= 0.6 is 0 Å². The van der Waals surface area contributed by atoms with Crippen molar-refractivity contribution >= 4 is 5.91 Å². The van der Waals surface area contributed by atoms with Gasteiger partial charge in [0.25, 0.3) is 0 Å². The molecular weight excluding hydrogens is 206 g/mol. The molecule has 0 aliphatic carbocycles. The van der Waals surface area contributed by atoms with Crippen molar-refractivity contribution in [2.75, 3.05) is 52.9 Å². The highest BCUT2D eigenvalue weighted by atomic mass is 16.3. The maximum absolute atomic E-state index is 10.9. The van der Waals surface area contributed by atoms with Crippen LogP contribution in [0.3, 0.4) is 0 Å². The second kappa shape index (κ2) is 7.38. The molecule has 1 aliphatic rings. The zero-order chi connectivity index (χ0) is 11.8. The predicted molar refractivity (Wildman–Crippen MR) is 63.2 cm³/mol. The number of nitrogens with zero attached hydrogens (tertiary/aromatic N) is 2. The van der Waals surface area contributed by atoms with Gasteiger partial charge in [-0.15, -0.1) is 0 Å². The third-order valence-electron chi connectivity index (χ3n) is 2.76. The van der Waals surface area contributed by atoms with Crippen LogP contribution in [0, 0.1) is 0 Å². The molecule has 5 heteroatoms. The number of hydrogen-bond donors (Lipinski definition) is 2. The van der Waals surface area contributed by atoms with Gasteiger partial charge in [-0.25, -0.2) is 0 Å². The Kier molecular flexibility index (Phi) is 6.07. The minimum Gasteiger partial charge on any atom is -0.395 e. The van der Waals surface area contributed by atoms with E-state index in [4.69, 9.17) is 5.11 Å². The summed E-state index contributed by atoms with van der Waals surface area (Å²) in [4.78, 5) is 15.5. The van der Waals surface area contributed by atoms with Gasteiger partial charge in [-0.05, 0) is 0 Å². The zero-order valence-corrected chi connectivity index (χ0v) is 9.85. The number of aliphatic hydroxyl groups excluding tert-OH is 1. The van der Waals surface area contributed by atoms with Gasteiger partial charge in [-0.1, -0.05) is 6.08 Å². The third-order valence-corrected chi connectivity index (χ3v) is 2.76. The van der Waals surface area contributed by atoms with E-state index in [1.807, 2.05) is 6.08 Å². The molecule has 0 bridgehead atoms. The molecule has 1 amide bonds. The van der Waals surface area contributed by atoms with Gasteiger partial charge in [0.05, 0.1) is 6.61 Å². The van der Waals surface area contributed by atoms with Crippen LogP contribution in [0.2, 0.25) is 0 Å². The van der Waals surface area contributed by atoms with E-state index in [-0.39, 0.29) is 12.5 Å². The smallest absolute Gasteiger partial charge is 0.243 e. The van der Waals surface area contributed by atoms with Crippen molar-refractivity contribution in [2.24, 2.45) is 0 Å². The van der Waals surface area contributed by atoms with Crippen molar-refractivity contribution in [1.82, 2.24) is 15.1 Å². The van der Waals surface area contributed by atoms with Gasteiger partial charge in [0.2, 0.25) is 5.91 Å². The summed E-state index contributed by atoms with van der Waals surface area (Å²) < 4.78 is 0. The fourth-order valence-corrected chi connectivity index (χ4v) is 1.73. The molecule has 5 nitrogen and oxygen atoms in total. The van der Waals surface area contributed by atoms with Gasteiger partial charge in [0, 0.05) is 52.4 Å². The first kappa shape index (κ1) is 13.2. The van der Waals surface area contributed by atoms with Gasteiger partial charge in [0.15, 0.2) is 0 Å². The van der Waals surface area contributed by atoms with Crippen molar-refractivity contribution in [3.63, 3.8) is 0 Å². The standard InChI is InChI=1S/C11H21N3O2/c1-12-11(16)3-2-4-13-5-7-14(8-6-13)9-10-15/h2-3,15H,4-10H2,1H3,(H,12,16). The van der Waals surface area contributed by atoms with Gasteiger partial charge >= 0.3 is 0 Å². The summed E-state index contributed by atoms with van der Waals surface area (Å²) in [6.07, 6.45) is 3.46. The molecule has 1 aliphatic heterocycles. The molecule has 0 radical (unpaired) electrons. The van der Waals surface area contributed by atoms with Crippen LogP contribution in [0.25, 0.3) is 0 Å². The Morgan fingerprint density at radius 1 is 1.31 bits per heavy atom. The highest BCUT2D eigenvalue weighted by Gasteiger charge is 2.14. The monoisotopic (exact) mass is 227 g/mol. The van der Waals surface area contributed by atoms with Crippen LogP contribution in [0.5, 0.6) is 0 Å². The second-order valence-corrected chi connectivity index (χ2v) is 3.88. The number of rotatable bonds is 5. The first-order chi connectivity index (χ1) is 7.76. The summed E-state index contributed by atoms with van der Waals surface area (Å²) in [6, 6.07) is 0. The Morgan fingerprint density at radius 2 is 1.94 bits per heavy atom. The molecule has 1 heterocycles. The van der Waals surface area contributed by atoms with Crippen LogP contribution in [-0.4, -0.2) is 73.7 Å². The fraction of sp³-hybridized carbons (Fsp3) is 0.727. The molecule has 1 saturated heterocycles. The fourth-order valence-electron chi connectivity index (χ4n) is 1.73. The van der Waals surface area contributed by atoms with E-state index in [0.717, 1.165) is 39.3 Å². The summed E-state index contributed by atoms with van der Waals surface area (Å²) in [5.74, 6) is -0.0566. The van der Waals surface area contributed by atoms with Gasteiger partial charge < -0.3 is 10.4 Å². The molecule has 0 spiro atoms. The molecule has 0 saturated carbocycles. The lowest BCUT2D eigenvalue weighted by Gasteiger charge is -2.33. The van der Waals surface area contributed by atoms with E-state index in [9.17, 15) is 4.79 Å². The predicted octanol–water partition coefficient (Wildman–Crippen LogP) is -1.10. The van der Waals surface area contributed by atoms with Crippen LogP contribution < -0.4 is 5.32 Å². The van der Waals surface area contributed by atoms with E-state index in [1.165, 1.54) is 0 Å². The van der Waals surface area contributed by atoms with Crippen LogP contribution in [0.15, 0.2) is 12.2 Å². The number of aliphatic hydroxyl groups is 1. The minimum atomic E-state index is -0.0566. The lowest BCUT2D eigenvalue weighted by Crippen LogP contribution is -2.47. The van der Waals surface area contributed by atoms with E-state index in [2.05, 4.69) is 15.1 Å². The maximum Gasteiger partial charge on any atom is 0.243 e. The SMILES string of the molecule is CNC(=O)C=CCN1CCN(CCO)CC1. The summed E-state index contributed by atoms with van der Waals surface area (Å²) >= 11 is 0. The molecule has 16 heavy (non-hydrogen) atoms. The summed E-state index contributed by atoms with van der Waals surface area (Å²) in [7, 11) is 1.63. The van der Waals surface area contributed by atoms with Gasteiger partial charge in [-0.3, -0.25) is 14.6 Å². The average Bonchev–Trinajstić information content (AvgIpc) is 2.31. The molecule has 92 valence electrons. The molecule has 0 aromatic heterocycles. The van der Waals surface area contributed by atoms with E-state index < -0.39 is 0 Å². The topological polar surface area (TPSA) is 55.8 Å². The van der Waals surface area contributed by atoms with Crippen molar-refractivity contribution in [3.8, 4) is 0 Å². The van der Waals surface area contributed by atoms with E-state index >= 15 is 0 Å². The van der Waals surface area contributed by atoms with Crippen molar-refractivity contribution in [1.29, 1.82) is 0 Å². The molecule has 2 N–H and O–H groups in total. The summed E-state index contributed by atoms with van der Waals surface area (Å²) in [5.41, 5.74) is 0. The van der Waals surface area contributed by atoms with Gasteiger partial charge in [-0.2, -0.15) is 0 Å². The number of amides is 1. The number of piperazine rings is 1. The molecular formula is C11H21N3O2. The average molecular weight is 227 g/mol. The molecule has 1 fully saturated rings. The summed E-state index contributed by atoms with van der Waals surface area (Å²) in [6.45, 7) is 5.80. The first-order valence-electron chi connectivity index (χ1n) is 5.70. The number of carbonyl (C=O) groups excluding carboxylic acids is 1. The van der Waals surface area contributed by atoms with Crippen LogP contribution in [-0.2, 0) is 4.79 Å². The van der Waals surface area contributed by atoms with Crippen molar-refractivity contribution in [3.05, 3.63) is 12.2 Å². The molecule has 0 aromatic rings. The van der Waals surface area contributed by atoms with Crippen LogP contribution in [0.1, 0.15) is 0 Å². The number of nitrogens with one attached hydrogen (secondary N) is 1. The largest absolute Gasteiger partial charge is 0.395 e. The van der Waals surface area contributed by atoms with Gasteiger partial charge in [0.1, 0.15) is 0 Å². The quantitative estimate of drug-likeness (QED) is 0.585. The highest BCUT2D eigenvalue weighted by Crippen LogP contribution is 2.00. The first-order valence-corrected chi connectivity index (χ1v) is 5.70. The highest BCUT2D eigenvalue weighted by molar-refractivity contribution is 5.87. The maximum atomic E-state index is 10.9. The second-order valence-electron chi connectivity index (χ2n) is 3.88.